The highest BCUT2D eigenvalue weighted by Crippen LogP contribution is 2.63. The van der Waals surface area contributed by atoms with Gasteiger partial charge >= 0.3 is 0 Å². The van der Waals surface area contributed by atoms with Crippen molar-refractivity contribution in [3.63, 3.8) is 0 Å². The number of hydrogen-bond acceptors (Lipinski definition) is 2. The molecule has 0 aliphatic heterocycles. The molecule has 0 unspecified atom stereocenters. The predicted octanol–water partition coefficient (Wildman–Crippen LogP) is 12.6. The van der Waals surface area contributed by atoms with Crippen LogP contribution in [0, 0.1) is 0 Å². The molecule has 0 saturated heterocycles. The van der Waals surface area contributed by atoms with E-state index in [1.165, 1.54) is 66.8 Å². The average molecular weight is 673 g/mol. The molecule has 2 aliphatic carbocycles. The van der Waals surface area contributed by atoms with E-state index in [9.17, 15) is 0 Å². The first-order chi connectivity index (χ1) is 26.3. The Labute approximate surface area is 308 Å². The predicted molar refractivity (Wildman–Crippen MR) is 218 cm³/mol. The van der Waals surface area contributed by atoms with E-state index in [1.807, 2.05) is 30.5 Å². The molecular weight excluding hydrogens is 641 g/mol. The summed E-state index contributed by atoms with van der Waals surface area (Å²) in [5.41, 5.74) is 20.2. The van der Waals surface area contributed by atoms with E-state index < -0.39 is 0 Å². The van der Waals surface area contributed by atoms with E-state index in [0.717, 1.165) is 33.4 Å². The summed E-state index contributed by atoms with van der Waals surface area (Å²) in [7, 11) is 0. The second kappa shape index (κ2) is 11.6. The number of benzene rings is 7. The summed E-state index contributed by atoms with van der Waals surface area (Å²) in [6.45, 7) is 0. The van der Waals surface area contributed by atoms with Crippen LogP contribution in [0.25, 0.3) is 77.9 Å². The molecule has 11 rings (SSSR count). The van der Waals surface area contributed by atoms with Gasteiger partial charge in [0.05, 0.1) is 22.3 Å². The molecule has 0 N–H and O–H groups in total. The lowest BCUT2D eigenvalue weighted by Crippen LogP contribution is -2.25. The van der Waals surface area contributed by atoms with Crippen molar-refractivity contribution in [2.75, 3.05) is 0 Å². The highest BCUT2D eigenvalue weighted by Gasteiger charge is 2.51. The molecule has 0 fully saturated rings. The van der Waals surface area contributed by atoms with E-state index >= 15 is 0 Å². The Bertz CT molecular complexity index is 2840. The Balaban J connectivity index is 1.04. The number of rotatable bonds is 4. The van der Waals surface area contributed by atoms with Crippen molar-refractivity contribution in [3.8, 4) is 67.0 Å². The van der Waals surface area contributed by atoms with E-state index in [4.69, 9.17) is 4.98 Å². The Morgan fingerprint density at radius 2 is 0.849 bits per heavy atom. The largest absolute Gasteiger partial charge is 0.255 e. The molecule has 9 aromatic rings. The SMILES string of the molecule is c1ccc(-c2cc(-c3cccc(-c4cccc(-c5ccc6c(c5)C5(c7ccccc7-c7ccccc75)c5ccccc5-6)c4)c3)c3ccccc3n2)nc1. The lowest BCUT2D eigenvalue weighted by Gasteiger charge is -2.30. The topological polar surface area (TPSA) is 25.8 Å². The van der Waals surface area contributed by atoms with Gasteiger partial charge in [0.1, 0.15) is 0 Å². The summed E-state index contributed by atoms with van der Waals surface area (Å²) in [5.74, 6) is 0. The van der Waals surface area contributed by atoms with Crippen LogP contribution in [0.4, 0.5) is 0 Å². The summed E-state index contributed by atoms with van der Waals surface area (Å²) in [4.78, 5) is 9.59. The lowest BCUT2D eigenvalue weighted by atomic mass is 9.70. The minimum atomic E-state index is -0.359. The molecule has 0 atom stereocenters. The van der Waals surface area contributed by atoms with E-state index in [1.54, 1.807) is 0 Å². The van der Waals surface area contributed by atoms with Gasteiger partial charge in [0.25, 0.3) is 0 Å². The van der Waals surface area contributed by atoms with E-state index in [2.05, 4.69) is 169 Å². The van der Waals surface area contributed by atoms with Crippen LogP contribution in [0.15, 0.2) is 194 Å². The van der Waals surface area contributed by atoms with Crippen molar-refractivity contribution in [1.29, 1.82) is 0 Å². The third-order valence-electron chi connectivity index (χ3n) is 11.3. The summed E-state index contributed by atoms with van der Waals surface area (Å²) in [5, 5.41) is 1.13. The second-order valence-electron chi connectivity index (χ2n) is 14.1. The lowest BCUT2D eigenvalue weighted by molar-refractivity contribution is 0.794. The summed E-state index contributed by atoms with van der Waals surface area (Å²) in [6, 6.07) is 68.5. The molecule has 2 heterocycles. The van der Waals surface area contributed by atoms with Gasteiger partial charge < -0.3 is 0 Å². The van der Waals surface area contributed by atoms with Gasteiger partial charge in [-0.3, -0.25) is 4.98 Å². The van der Waals surface area contributed by atoms with Gasteiger partial charge in [-0.05, 0) is 120 Å². The second-order valence-corrected chi connectivity index (χ2v) is 14.1. The maximum atomic E-state index is 4.98. The molecule has 7 aromatic carbocycles. The zero-order valence-corrected chi connectivity index (χ0v) is 28.9. The van der Waals surface area contributed by atoms with Gasteiger partial charge in [0.2, 0.25) is 0 Å². The van der Waals surface area contributed by atoms with Crippen molar-refractivity contribution < 1.29 is 0 Å². The average Bonchev–Trinajstić information content (AvgIpc) is 3.71. The number of hydrogen-bond donors (Lipinski definition) is 0. The van der Waals surface area contributed by atoms with Gasteiger partial charge in [0, 0.05) is 11.6 Å². The van der Waals surface area contributed by atoms with Crippen molar-refractivity contribution >= 4 is 10.9 Å². The molecule has 53 heavy (non-hydrogen) atoms. The van der Waals surface area contributed by atoms with Gasteiger partial charge in [-0.15, -0.1) is 0 Å². The fraction of sp³-hybridized carbons (Fsp3) is 0.0196. The van der Waals surface area contributed by atoms with Crippen LogP contribution in [-0.2, 0) is 5.41 Å². The quantitative estimate of drug-likeness (QED) is 0.186. The van der Waals surface area contributed by atoms with Crippen LogP contribution in [0.2, 0.25) is 0 Å². The van der Waals surface area contributed by atoms with Gasteiger partial charge in [0.15, 0.2) is 0 Å². The molecule has 2 aliphatic rings. The zero-order valence-electron chi connectivity index (χ0n) is 28.9. The Morgan fingerprint density at radius 3 is 1.49 bits per heavy atom. The standard InChI is InChI=1S/C51H32N2/c1-5-21-44-38(17-1)39-18-2-6-22-45(39)51(44)46-23-7-3-19-40(46)41-27-26-36(31-47(41)51)34-14-11-13-33(29-34)35-15-12-16-37(30-35)43-32-50(49-25-9-10-28-52-49)53-48-24-8-4-20-42(43)48/h1-32H. The highest BCUT2D eigenvalue weighted by atomic mass is 14.8. The van der Waals surface area contributed by atoms with E-state index in [-0.39, 0.29) is 5.41 Å². The van der Waals surface area contributed by atoms with Crippen LogP contribution >= 0.6 is 0 Å². The molecule has 0 amide bonds. The maximum Gasteiger partial charge on any atom is 0.0900 e. The first-order valence-electron chi connectivity index (χ1n) is 18.2. The Hall–Kier alpha value is -6.90. The van der Waals surface area contributed by atoms with Crippen molar-refractivity contribution in [2.24, 2.45) is 0 Å². The maximum absolute atomic E-state index is 4.98. The minimum Gasteiger partial charge on any atom is -0.255 e. The summed E-state index contributed by atoms with van der Waals surface area (Å²) < 4.78 is 0. The molecule has 2 heteroatoms. The first-order valence-corrected chi connectivity index (χ1v) is 18.2. The third-order valence-corrected chi connectivity index (χ3v) is 11.3. The van der Waals surface area contributed by atoms with Crippen molar-refractivity contribution in [1.82, 2.24) is 9.97 Å². The van der Waals surface area contributed by atoms with Crippen molar-refractivity contribution in [3.05, 3.63) is 217 Å². The van der Waals surface area contributed by atoms with E-state index in [0.29, 0.717) is 0 Å². The van der Waals surface area contributed by atoms with Gasteiger partial charge in [-0.25, -0.2) is 4.98 Å². The molecule has 246 valence electrons. The molecule has 2 nitrogen and oxygen atoms in total. The fourth-order valence-corrected chi connectivity index (χ4v) is 9.08. The van der Waals surface area contributed by atoms with Crippen molar-refractivity contribution in [2.45, 2.75) is 5.41 Å². The van der Waals surface area contributed by atoms with Crippen LogP contribution in [0.1, 0.15) is 22.3 Å². The summed E-state index contributed by atoms with van der Waals surface area (Å²) >= 11 is 0. The minimum absolute atomic E-state index is 0.359. The highest BCUT2D eigenvalue weighted by molar-refractivity contribution is 5.98. The summed E-state index contributed by atoms with van der Waals surface area (Å²) in [6.07, 6.45) is 1.82. The Morgan fingerprint density at radius 1 is 0.321 bits per heavy atom. The van der Waals surface area contributed by atoms with Gasteiger partial charge in [-0.1, -0.05) is 146 Å². The van der Waals surface area contributed by atoms with Crippen LogP contribution in [0.3, 0.4) is 0 Å². The normalized spacial score (nSPS) is 13.1. The number of para-hydroxylation sites is 1. The fourth-order valence-electron chi connectivity index (χ4n) is 9.08. The Kier molecular flexibility index (Phi) is 6.50. The van der Waals surface area contributed by atoms with Crippen LogP contribution in [0.5, 0.6) is 0 Å². The number of fused-ring (bicyclic) bond motifs is 11. The number of pyridine rings is 2. The number of aromatic nitrogens is 2. The molecule has 0 saturated carbocycles. The monoisotopic (exact) mass is 672 g/mol. The molecule has 1 spiro atoms. The molecule has 0 bridgehead atoms. The molecular formula is C51H32N2. The zero-order chi connectivity index (χ0) is 34.9. The first kappa shape index (κ1) is 29.8. The van der Waals surface area contributed by atoms with Gasteiger partial charge in [-0.2, -0.15) is 0 Å². The smallest absolute Gasteiger partial charge is 0.0900 e. The third kappa shape index (κ3) is 4.39. The van der Waals surface area contributed by atoms with Crippen LogP contribution in [-0.4, -0.2) is 9.97 Å². The molecule has 0 radical (unpaired) electrons. The number of nitrogens with zero attached hydrogens (tertiary/aromatic N) is 2. The van der Waals surface area contributed by atoms with Crippen LogP contribution < -0.4 is 0 Å². The molecule has 2 aromatic heterocycles.